The van der Waals surface area contributed by atoms with E-state index in [1.54, 1.807) is 0 Å². The molecule has 0 bridgehead atoms. The lowest BCUT2D eigenvalue weighted by Crippen LogP contribution is -2.26. The zero-order chi connectivity index (χ0) is 13.6. The molecule has 2 aromatic heterocycles. The van der Waals surface area contributed by atoms with Crippen molar-refractivity contribution in [1.82, 2.24) is 9.55 Å². The van der Waals surface area contributed by atoms with Crippen molar-refractivity contribution in [2.45, 2.75) is 20.4 Å². The summed E-state index contributed by atoms with van der Waals surface area (Å²) >= 11 is 6.20. The summed E-state index contributed by atoms with van der Waals surface area (Å²) in [6.45, 7) is 5.03. The lowest BCUT2D eigenvalue weighted by molar-refractivity contribution is -0.575. The molecule has 0 radical (unpaired) electrons. The average Bonchev–Trinajstić information content (AvgIpc) is 2.66. The third-order valence-electron chi connectivity index (χ3n) is 3.13. The van der Waals surface area contributed by atoms with Crippen LogP contribution < -0.4 is 4.73 Å². The molecule has 0 N–H and O–H groups in total. The smallest absolute Gasteiger partial charge is 0.226 e. The molecule has 0 aliphatic heterocycles. The highest BCUT2D eigenvalue weighted by molar-refractivity contribution is 6.29. The summed E-state index contributed by atoms with van der Waals surface area (Å²) < 4.78 is 2.82. The lowest BCUT2D eigenvalue weighted by Gasteiger charge is -2.10. The third kappa shape index (κ3) is 1.92. The van der Waals surface area contributed by atoms with Crippen molar-refractivity contribution >= 4 is 33.5 Å². The minimum Gasteiger partial charge on any atom is -0.618 e. The van der Waals surface area contributed by atoms with Crippen LogP contribution in [0, 0.1) is 11.1 Å². The first-order valence-corrected chi connectivity index (χ1v) is 6.62. The van der Waals surface area contributed by atoms with Gasteiger partial charge in [0.15, 0.2) is 5.52 Å². The predicted octanol–water partition coefficient (Wildman–Crippen LogP) is 3.13. The van der Waals surface area contributed by atoms with E-state index in [-0.39, 0.29) is 0 Å². The standard InChI is InChI=1S/C14H14ClN3O/c1-9(2)7-17-13-10-5-3-4-6-12(10)18(19)8-11(13)16-14(17)15/h3-6,8-9H,7H2,1-2H3. The van der Waals surface area contributed by atoms with Gasteiger partial charge in [0.25, 0.3) is 0 Å². The molecule has 19 heavy (non-hydrogen) atoms. The fraction of sp³-hybridized carbons (Fsp3) is 0.286. The first kappa shape index (κ1) is 12.2. The molecule has 0 spiro atoms. The van der Waals surface area contributed by atoms with E-state index in [9.17, 15) is 5.21 Å². The molecule has 0 saturated carbocycles. The van der Waals surface area contributed by atoms with Gasteiger partial charge in [0.1, 0.15) is 0 Å². The molecule has 0 amide bonds. The maximum absolute atomic E-state index is 12.0. The second kappa shape index (κ2) is 4.38. The fourth-order valence-corrected chi connectivity index (χ4v) is 2.64. The molecule has 5 heteroatoms. The Bertz CT molecular complexity index is 764. The van der Waals surface area contributed by atoms with E-state index < -0.39 is 0 Å². The van der Waals surface area contributed by atoms with Crippen molar-refractivity contribution in [2.24, 2.45) is 5.92 Å². The average molecular weight is 276 g/mol. The maximum atomic E-state index is 12.0. The summed E-state index contributed by atoms with van der Waals surface area (Å²) in [6.07, 6.45) is 1.49. The second-order valence-electron chi connectivity index (χ2n) is 5.09. The quantitative estimate of drug-likeness (QED) is 0.533. The zero-order valence-corrected chi connectivity index (χ0v) is 11.6. The van der Waals surface area contributed by atoms with Crippen LogP contribution in [0.1, 0.15) is 13.8 Å². The van der Waals surface area contributed by atoms with Gasteiger partial charge in [-0.25, -0.2) is 4.98 Å². The molecule has 0 aliphatic rings. The maximum Gasteiger partial charge on any atom is 0.226 e. The van der Waals surface area contributed by atoms with Crippen molar-refractivity contribution in [2.75, 3.05) is 0 Å². The van der Waals surface area contributed by atoms with E-state index in [1.165, 1.54) is 6.20 Å². The van der Waals surface area contributed by atoms with Crippen molar-refractivity contribution in [3.05, 3.63) is 41.0 Å². The summed E-state index contributed by atoms with van der Waals surface area (Å²) in [6, 6.07) is 7.51. The minimum absolute atomic E-state index is 0.431. The molecule has 0 fully saturated rings. The van der Waals surface area contributed by atoms with Crippen molar-refractivity contribution in [3.8, 4) is 0 Å². The zero-order valence-electron chi connectivity index (χ0n) is 10.8. The number of rotatable bonds is 2. The highest BCUT2D eigenvalue weighted by Crippen LogP contribution is 2.26. The van der Waals surface area contributed by atoms with Gasteiger partial charge in [-0.2, -0.15) is 4.73 Å². The number of pyridine rings is 1. The normalized spacial score (nSPS) is 11.8. The fourth-order valence-electron chi connectivity index (χ4n) is 2.40. The molecule has 3 aromatic rings. The van der Waals surface area contributed by atoms with Gasteiger partial charge in [-0.3, -0.25) is 0 Å². The van der Waals surface area contributed by atoms with E-state index in [4.69, 9.17) is 11.6 Å². The first-order chi connectivity index (χ1) is 9.08. The Morgan fingerprint density at radius 1 is 1.37 bits per heavy atom. The van der Waals surface area contributed by atoms with Gasteiger partial charge in [0.05, 0.1) is 10.9 Å². The van der Waals surface area contributed by atoms with E-state index >= 15 is 0 Å². The first-order valence-electron chi connectivity index (χ1n) is 6.24. The predicted molar refractivity (Wildman–Crippen MR) is 76.0 cm³/mol. The SMILES string of the molecule is CC(C)Cn1c(Cl)nc2c[n+]([O-])c3ccccc3c21. The van der Waals surface area contributed by atoms with Gasteiger partial charge >= 0.3 is 0 Å². The highest BCUT2D eigenvalue weighted by Gasteiger charge is 2.17. The molecule has 0 aliphatic carbocycles. The van der Waals surface area contributed by atoms with Crippen LogP contribution in [-0.4, -0.2) is 9.55 Å². The van der Waals surface area contributed by atoms with Crippen LogP contribution in [0.5, 0.6) is 0 Å². The Labute approximate surface area is 115 Å². The van der Waals surface area contributed by atoms with Crippen molar-refractivity contribution in [3.63, 3.8) is 0 Å². The van der Waals surface area contributed by atoms with E-state index in [0.717, 1.165) is 22.2 Å². The van der Waals surface area contributed by atoms with Crippen LogP contribution in [-0.2, 0) is 6.54 Å². The van der Waals surface area contributed by atoms with E-state index in [2.05, 4.69) is 18.8 Å². The number of fused-ring (bicyclic) bond motifs is 3. The van der Waals surface area contributed by atoms with E-state index in [0.29, 0.717) is 22.2 Å². The van der Waals surface area contributed by atoms with E-state index in [1.807, 2.05) is 28.8 Å². The number of hydrogen-bond donors (Lipinski definition) is 0. The van der Waals surface area contributed by atoms with Gasteiger partial charge in [0.2, 0.25) is 17.0 Å². The molecule has 0 atom stereocenters. The van der Waals surface area contributed by atoms with Crippen LogP contribution in [0.25, 0.3) is 21.9 Å². The summed E-state index contributed by atoms with van der Waals surface area (Å²) in [4.78, 5) is 4.28. The summed E-state index contributed by atoms with van der Waals surface area (Å²) in [5.74, 6) is 0.452. The van der Waals surface area contributed by atoms with Crippen molar-refractivity contribution in [1.29, 1.82) is 0 Å². The number of imidazole rings is 1. The number of aromatic nitrogens is 3. The minimum atomic E-state index is 0.431. The van der Waals surface area contributed by atoms with Gasteiger partial charge in [0, 0.05) is 12.6 Å². The third-order valence-corrected chi connectivity index (χ3v) is 3.42. The Hall–Kier alpha value is -1.81. The summed E-state index contributed by atoms with van der Waals surface area (Å²) in [7, 11) is 0. The lowest BCUT2D eigenvalue weighted by atomic mass is 10.1. The molecular formula is C14H14ClN3O. The van der Waals surface area contributed by atoms with Crippen LogP contribution in [0.2, 0.25) is 5.28 Å². The Morgan fingerprint density at radius 2 is 2.11 bits per heavy atom. The second-order valence-corrected chi connectivity index (χ2v) is 5.43. The van der Waals surface area contributed by atoms with Crippen LogP contribution >= 0.6 is 11.6 Å². The molecule has 4 nitrogen and oxygen atoms in total. The number of benzene rings is 1. The number of halogens is 1. The molecule has 0 saturated heterocycles. The Kier molecular flexibility index (Phi) is 2.82. The molecule has 2 heterocycles. The molecular weight excluding hydrogens is 262 g/mol. The Morgan fingerprint density at radius 3 is 2.84 bits per heavy atom. The number of hydrogen-bond acceptors (Lipinski definition) is 2. The number of para-hydroxylation sites is 1. The molecule has 0 unspecified atom stereocenters. The summed E-state index contributed by atoms with van der Waals surface area (Å²) in [5.41, 5.74) is 2.21. The monoisotopic (exact) mass is 275 g/mol. The van der Waals surface area contributed by atoms with Crippen LogP contribution in [0.3, 0.4) is 0 Å². The molecule has 1 aromatic carbocycles. The largest absolute Gasteiger partial charge is 0.618 e. The van der Waals surface area contributed by atoms with Crippen LogP contribution in [0.15, 0.2) is 30.5 Å². The van der Waals surface area contributed by atoms with Gasteiger partial charge < -0.3 is 9.77 Å². The van der Waals surface area contributed by atoms with Crippen LogP contribution in [0.4, 0.5) is 0 Å². The van der Waals surface area contributed by atoms with Crippen molar-refractivity contribution < 1.29 is 4.73 Å². The summed E-state index contributed by atoms with van der Waals surface area (Å²) in [5, 5.41) is 13.3. The number of nitrogens with zero attached hydrogens (tertiary/aromatic N) is 3. The molecule has 3 rings (SSSR count). The van der Waals surface area contributed by atoms with Gasteiger partial charge in [-0.05, 0) is 23.6 Å². The molecule has 98 valence electrons. The Balaban J connectivity index is 2.44. The van der Waals surface area contributed by atoms with Gasteiger partial charge in [-0.15, -0.1) is 0 Å². The topological polar surface area (TPSA) is 44.8 Å². The highest BCUT2D eigenvalue weighted by atomic mass is 35.5. The van der Waals surface area contributed by atoms with Gasteiger partial charge in [-0.1, -0.05) is 26.0 Å².